The van der Waals surface area contributed by atoms with Crippen molar-refractivity contribution < 1.29 is 9.53 Å². The van der Waals surface area contributed by atoms with Gasteiger partial charge in [0.15, 0.2) is 0 Å². The summed E-state index contributed by atoms with van der Waals surface area (Å²) in [7, 11) is 0. The quantitative estimate of drug-likeness (QED) is 0.882. The summed E-state index contributed by atoms with van der Waals surface area (Å²) >= 11 is 0. The SMILES string of the molecule is Cc1nc(=O)[nH]c(C)c1CCC(=O)N[C@H]1COC2(CCCCC2)C1. The van der Waals surface area contributed by atoms with Crippen LogP contribution in [0.4, 0.5) is 0 Å². The van der Waals surface area contributed by atoms with Gasteiger partial charge in [-0.2, -0.15) is 4.98 Å². The lowest BCUT2D eigenvalue weighted by molar-refractivity contribution is -0.121. The lowest BCUT2D eigenvalue weighted by Crippen LogP contribution is -2.37. The molecule has 0 radical (unpaired) electrons. The maximum Gasteiger partial charge on any atom is 0.345 e. The Kier molecular flexibility index (Phi) is 5.04. The molecule has 1 aliphatic heterocycles. The van der Waals surface area contributed by atoms with Gasteiger partial charge in [0.05, 0.1) is 18.2 Å². The first kappa shape index (κ1) is 17.1. The van der Waals surface area contributed by atoms with Crippen molar-refractivity contribution in [3.05, 3.63) is 27.4 Å². The minimum Gasteiger partial charge on any atom is -0.373 e. The Hall–Kier alpha value is -1.69. The summed E-state index contributed by atoms with van der Waals surface area (Å²) in [6, 6.07) is 0.131. The summed E-state index contributed by atoms with van der Waals surface area (Å²) in [4.78, 5) is 30.2. The van der Waals surface area contributed by atoms with Crippen LogP contribution in [0.3, 0.4) is 0 Å². The Balaban J connectivity index is 1.51. The summed E-state index contributed by atoms with van der Waals surface area (Å²) in [5, 5.41) is 3.11. The predicted molar refractivity (Wildman–Crippen MR) is 91.0 cm³/mol. The van der Waals surface area contributed by atoms with Gasteiger partial charge >= 0.3 is 5.69 Å². The number of aromatic amines is 1. The molecule has 1 aliphatic carbocycles. The summed E-state index contributed by atoms with van der Waals surface area (Å²) < 4.78 is 6.04. The number of hydrogen-bond acceptors (Lipinski definition) is 4. The predicted octanol–water partition coefficient (Wildman–Crippen LogP) is 1.93. The van der Waals surface area contributed by atoms with Gasteiger partial charge in [-0.25, -0.2) is 4.79 Å². The average molecular weight is 333 g/mol. The number of nitrogens with one attached hydrogen (secondary N) is 2. The fourth-order valence-electron chi connectivity index (χ4n) is 4.14. The van der Waals surface area contributed by atoms with Crippen molar-refractivity contribution in [1.29, 1.82) is 0 Å². The minimum atomic E-state index is -0.334. The number of carbonyl (C=O) groups is 1. The molecule has 0 unspecified atom stereocenters. The molecule has 1 spiro atoms. The molecule has 1 aromatic rings. The monoisotopic (exact) mass is 333 g/mol. The Morgan fingerprint density at radius 2 is 2.08 bits per heavy atom. The highest BCUT2D eigenvalue weighted by molar-refractivity contribution is 5.76. The molecule has 2 aliphatic rings. The molecule has 2 fully saturated rings. The fourth-order valence-corrected chi connectivity index (χ4v) is 4.14. The van der Waals surface area contributed by atoms with Crippen molar-refractivity contribution in [1.82, 2.24) is 15.3 Å². The van der Waals surface area contributed by atoms with Crippen LogP contribution in [0.25, 0.3) is 0 Å². The highest BCUT2D eigenvalue weighted by Gasteiger charge is 2.41. The first-order valence-electron chi connectivity index (χ1n) is 8.97. The Labute approximate surface area is 142 Å². The van der Waals surface area contributed by atoms with Gasteiger partial charge in [0.2, 0.25) is 5.91 Å². The lowest BCUT2D eigenvalue weighted by atomic mass is 9.82. The molecule has 2 N–H and O–H groups in total. The number of ether oxygens (including phenoxy) is 1. The third-order valence-electron chi connectivity index (χ3n) is 5.39. The van der Waals surface area contributed by atoms with E-state index in [2.05, 4.69) is 15.3 Å². The normalized spacial score (nSPS) is 22.7. The van der Waals surface area contributed by atoms with E-state index < -0.39 is 0 Å². The highest BCUT2D eigenvalue weighted by Crippen LogP contribution is 2.39. The number of aryl methyl sites for hydroxylation is 2. The summed E-state index contributed by atoms with van der Waals surface area (Å²) in [5.74, 6) is 0.0430. The van der Waals surface area contributed by atoms with E-state index in [0.29, 0.717) is 25.1 Å². The van der Waals surface area contributed by atoms with Crippen molar-refractivity contribution in [3.63, 3.8) is 0 Å². The largest absolute Gasteiger partial charge is 0.373 e. The van der Waals surface area contributed by atoms with Crippen LogP contribution < -0.4 is 11.0 Å². The molecule has 0 aromatic carbocycles. The second-order valence-corrected chi connectivity index (χ2v) is 7.25. The topological polar surface area (TPSA) is 84.1 Å². The van der Waals surface area contributed by atoms with Crippen LogP contribution in [-0.2, 0) is 16.0 Å². The van der Waals surface area contributed by atoms with Crippen LogP contribution in [0.1, 0.15) is 61.9 Å². The van der Waals surface area contributed by atoms with Crippen LogP contribution in [0.2, 0.25) is 0 Å². The van der Waals surface area contributed by atoms with Crippen molar-refractivity contribution in [2.24, 2.45) is 0 Å². The lowest BCUT2D eigenvalue weighted by Gasteiger charge is -2.32. The standard InChI is InChI=1S/C18H27N3O3/c1-12-15(13(2)20-17(23)19-12)6-7-16(22)21-14-10-18(24-11-14)8-4-3-5-9-18/h14H,3-11H2,1-2H3,(H,21,22)(H,19,20,23)/t14-/m1/s1. The van der Waals surface area contributed by atoms with Gasteiger partial charge in [-0.1, -0.05) is 19.3 Å². The highest BCUT2D eigenvalue weighted by atomic mass is 16.5. The molecule has 1 saturated heterocycles. The summed E-state index contributed by atoms with van der Waals surface area (Å²) in [6.45, 7) is 4.29. The van der Waals surface area contributed by atoms with Crippen molar-refractivity contribution in [3.8, 4) is 0 Å². The molecule has 1 saturated carbocycles. The molecule has 3 rings (SSSR count). The van der Waals surface area contributed by atoms with Crippen molar-refractivity contribution in [2.45, 2.75) is 76.9 Å². The Morgan fingerprint density at radius 1 is 1.33 bits per heavy atom. The van der Waals surface area contributed by atoms with E-state index in [9.17, 15) is 9.59 Å². The number of nitrogens with zero attached hydrogens (tertiary/aromatic N) is 1. The minimum absolute atomic E-state index is 0.0200. The van der Waals surface area contributed by atoms with Crippen LogP contribution in [0, 0.1) is 13.8 Å². The second kappa shape index (κ2) is 7.05. The number of hydrogen-bond donors (Lipinski definition) is 2. The van der Waals surface area contributed by atoms with Gasteiger partial charge in [-0.3, -0.25) is 4.79 Å². The zero-order valence-corrected chi connectivity index (χ0v) is 14.6. The smallest absolute Gasteiger partial charge is 0.345 e. The van der Waals surface area contributed by atoms with Crippen LogP contribution in [-0.4, -0.2) is 34.1 Å². The van der Waals surface area contributed by atoms with Gasteiger partial charge in [-0.05, 0) is 45.1 Å². The van der Waals surface area contributed by atoms with Gasteiger partial charge in [0.25, 0.3) is 0 Å². The molecule has 132 valence electrons. The van der Waals surface area contributed by atoms with Crippen molar-refractivity contribution in [2.75, 3.05) is 6.61 Å². The van der Waals surface area contributed by atoms with Crippen LogP contribution >= 0.6 is 0 Å². The second-order valence-electron chi connectivity index (χ2n) is 7.25. The molecule has 1 amide bonds. The van der Waals surface area contributed by atoms with E-state index in [1.54, 1.807) is 0 Å². The number of amides is 1. The number of carbonyl (C=O) groups excluding carboxylic acids is 1. The van der Waals surface area contributed by atoms with E-state index in [-0.39, 0.29) is 23.2 Å². The summed E-state index contributed by atoms with van der Waals surface area (Å²) in [6.07, 6.45) is 7.95. The maximum absolute atomic E-state index is 12.3. The number of aromatic nitrogens is 2. The van der Waals surface area contributed by atoms with Crippen LogP contribution in [0.15, 0.2) is 4.79 Å². The molecule has 1 atom stereocenters. The van der Waals surface area contributed by atoms with Gasteiger partial charge in [-0.15, -0.1) is 0 Å². The van der Waals surface area contributed by atoms with E-state index >= 15 is 0 Å². The van der Waals surface area contributed by atoms with E-state index in [0.717, 1.165) is 30.5 Å². The van der Waals surface area contributed by atoms with E-state index in [1.807, 2.05) is 13.8 Å². The zero-order chi connectivity index (χ0) is 17.2. The first-order valence-corrected chi connectivity index (χ1v) is 8.97. The maximum atomic E-state index is 12.3. The van der Waals surface area contributed by atoms with Gasteiger partial charge in [0, 0.05) is 17.8 Å². The molecule has 6 heteroatoms. The first-order chi connectivity index (χ1) is 11.5. The molecule has 1 aromatic heterocycles. The molecular weight excluding hydrogens is 306 g/mol. The third kappa shape index (κ3) is 3.86. The average Bonchev–Trinajstić information content (AvgIpc) is 2.89. The fraction of sp³-hybridized carbons (Fsp3) is 0.722. The molecule has 0 bridgehead atoms. The molecular formula is C18H27N3O3. The summed E-state index contributed by atoms with van der Waals surface area (Å²) in [5.41, 5.74) is 2.14. The Bertz CT molecular complexity index is 636. The zero-order valence-electron chi connectivity index (χ0n) is 14.6. The van der Waals surface area contributed by atoms with E-state index in [1.165, 1.54) is 19.3 Å². The number of H-pyrrole nitrogens is 1. The van der Waals surface area contributed by atoms with Crippen molar-refractivity contribution >= 4 is 5.91 Å². The molecule has 2 heterocycles. The third-order valence-corrected chi connectivity index (χ3v) is 5.39. The molecule has 24 heavy (non-hydrogen) atoms. The molecule has 6 nitrogen and oxygen atoms in total. The van der Waals surface area contributed by atoms with Crippen LogP contribution in [0.5, 0.6) is 0 Å². The van der Waals surface area contributed by atoms with Gasteiger partial charge < -0.3 is 15.0 Å². The van der Waals surface area contributed by atoms with E-state index in [4.69, 9.17) is 4.74 Å². The number of rotatable bonds is 4. The Morgan fingerprint density at radius 3 is 2.79 bits per heavy atom. The van der Waals surface area contributed by atoms with Gasteiger partial charge in [0.1, 0.15) is 0 Å².